The Kier molecular flexibility index (Phi) is 5.59. The first-order valence-corrected chi connectivity index (χ1v) is 10.7. The van der Waals surface area contributed by atoms with Gasteiger partial charge in [-0.05, 0) is 60.8 Å². The third kappa shape index (κ3) is 4.03. The number of thiophene rings is 1. The minimum atomic E-state index is -0.351. The van der Waals surface area contributed by atoms with E-state index in [-0.39, 0.29) is 23.1 Å². The fraction of sp³-hybridized carbons (Fsp3) is 0.364. The Morgan fingerprint density at radius 3 is 2.79 bits per heavy atom. The summed E-state index contributed by atoms with van der Waals surface area (Å²) in [4.78, 5) is 31.6. The molecule has 1 saturated heterocycles. The number of hydrogen-bond donors (Lipinski definition) is 2. The van der Waals surface area contributed by atoms with Crippen LogP contribution in [-0.2, 0) is 0 Å². The largest absolute Gasteiger partial charge is 0.350 e. The van der Waals surface area contributed by atoms with E-state index in [1.807, 2.05) is 24.3 Å². The molecule has 0 spiro atoms. The molecule has 28 heavy (non-hydrogen) atoms. The molecule has 3 aromatic rings. The summed E-state index contributed by atoms with van der Waals surface area (Å²) in [5.74, 6) is 0.435. The Hall–Kier alpha value is -2.44. The van der Waals surface area contributed by atoms with Crippen molar-refractivity contribution >= 4 is 28.1 Å². The van der Waals surface area contributed by atoms with Gasteiger partial charge in [0.15, 0.2) is 0 Å². The van der Waals surface area contributed by atoms with Crippen LogP contribution in [0.4, 0.5) is 0 Å². The van der Waals surface area contributed by atoms with Gasteiger partial charge in [0.05, 0.1) is 6.04 Å². The lowest BCUT2D eigenvalue weighted by Crippen LogP contribution is -2.42. The second-order valence-electron chi connectivity index (χ2n) is 7.56. The van der Waals surface area contributed by atoms with Gasteiger partial charge >= 0.3 is 0 Å². The van der Waals surface area contributed by atoms with Crippen molar-refractivity contribution in [2.45, 2.75) is 25.8 Å². The average molecular weight is 396 g/mol. The zero-order valence-corrected chi connectivity index (χ0v) is 16.8. The van der Waals surface area contributed by atoms with Gasteiger partial charge in [-0.3, -0.25) is 14.5 Å². The molecule has 5 nitrogen and oxygen atoms in total. The number of fused-ring (bicyclic) bond motifs is 1. The van der Waals surface area contributed by atoms with Crippen LogP contribution in [0.2, 0.25) is 0 Å². The summed E-state index contributed by atoms with van der Waals surface area (Å²) < 4.78 is 0. The Balaban J connectivity index is 1.51. The van der Waals surface area contributed by atoms with E-state index in [4.69, 9.17) is 0 Å². The maximum atomic E-state index is 12.8. The van der Waals surface area contributed by atoms with Gasteiger partial charge in [-0.15, -0.1) is 11.3 Å². The number of benzene rings is 1. The topological polar surface area (TPSA) is 65.2 Å². The van der Waals surface area contributed by atoms with Gasteiger partial charge in [0, 0.05) is 16.9 Å². The van der Waals surface area contributed by atoms with Crippen molar-refractivity contribution in [3.05, 3.63) is 68.6 Å². The highest BCUT2D eigenvalue weighted by Crippen LogP contribution is 2.29. The first kappa shape index (κ1) is 18.9. The predicted molar refractivity (Wildman–Crippen MR) is 114 cm³/mol. The first-order valence-electron chi connectivity index (χ1n) is 9.79. The van der Waals surface area contributed by atoms with Gasteiger partial charge in [-0.1, -0.05) is 31.2 Å². The standard InChI is InChI=1S/C22H25N3O2S/c1-15-8-10-25(11-9-15)19(20-7-4-12-28-20)14-23-21(26)17-13-16-5-2-3-6-18(16)24-22(17)27/h2-7,12-13,15,19H,8-11,14H2,1H3,(H,23,26)(H,24,27)/t19-/m0/s1. The number of para-hydroxylation sites is 1. The molecule has 0 radical (unpaired) electrons. The van der Waals surface area contributed by atoms with Crippen LogP contribution < -0.4 is 10.9 Å². The van der Waals surface area contributed by atoms with Crippen molar-refractivity contribution in [2.75, 3.05) is 19.6 Å². The highest BCUT2D eigenvalue weighted by molar-refractivity contribution is 7.10. The van der Waals surface area contributed by atoms with Crippen LogP contribution in [-0.4, -0.2) is 35.4 Å². The van der Waals surface area contributed by atoms with Crippen LogP contribution in [0.3, 0.4) is 0 Å². The molecular formula is C22H25N3O2S. The highest BCUT2D eigenvalue weighted by atomic mass is 32.1. The quantitative estimate of drug-likeness (QED) is 0.691. The van der Waals surface area contributed by atoms with Gasteiger partial charge in [0.1, 0.15) is 5.56 Å². The molecule has 1 amide bonds. The lowest BCUT2D eigenvalue weighted by molar-refractivity contribution is 0.0913. The third-order valence-electron chi connectivity index (χ3n) is 5.58. The number of aromatic amines is 1. The molecule has 2 N–H and O–H groups in total. The van der Waals surface area contributed by atoms with Gasteiger partial charge in [0.2, 0.25) is 0 Å². The first-order chi connectivity index (χ1) is 13.6. The van der Waals surface area contributed by atoms with Crippen molar-refractivity contribution in [1.29, 1.82) is 0 Å². The highest BCUT2D eigenvalue weighted by Gasteiger charge is 2.26. The molecule has 2 aromatic heterocycles. The fourth-order valence-corrected chi connectivity index (χ4v) is 4.69. The summed E-state index contributed by atoms with van der Waals surface area (Å²) in [6.45, 7) is 4.87. The Morgan fingerprint density at radius 1 is 1.25 bits per heavy atom. The number of hydrogen-bond acceptors (Lipinski definition) is 4. The number of nitrogens with one attached hydrogen (secondary N) is 2. The summed E-state index contributed by atoms with van der Waals surface area (Å²) in [6, 6.07) is 13.5. The van der Waals surface area contributed by atoms with E-state index in [2.05, 4.69) is 39.6 Å². The molecule has 1 aliphatic heterocycles. The van der Waals surface area contributed by atoms with Gasteiger partial charge < -0.3 is 10.3 Å². The molecule has 4 rings (SSSR count). The second kappa shape index (κ2) is 8.29. The van der Waals surface area contributed by atoms with Gasteiger partial charge in [-0.25, -0.2) is 0 Å². The Bertz CT molecular complexity index is 1000. The van der Waals surface area contributed by atoms with E-state index in [9.17, 15) is 9.59 Å². The number of pyridine rings is 1. The smallest absolute Gasteiger partial charge is 0.261 e. The summed E-state index contributed by atoms with van der Waals surface area (Å²) in [5.41, 5.74) is 0.550. The molecule has 0 saturated carbocycles. The van der Waals surface area contributed by atoms with E-state index < -0.39 is 0 Å². The zero-order chi connectivity index (χ0) is 19.5. The maximum Gasteiger partial charge on any atom is 0.261 e. The van der Waals surface area contributed by atoms with Crippen LogP contribution >= 0.6 is 11.3 Å². The van der Waals surface area contributed by atoms with Gasteiger partial charge in [-0.2, -0.15) is 0 Å². The number of likely N-dealkylation sites (tertiary alicyclic amines) is 1. The normalized spacial score (nSPS) is 16.9. The van der Waals surface area contributed by atoms with E-state index in [0.29, 0.717) is 6.54 Å². The van der Waals surface area contributed by atoms with Crippen molar-refractivity contribution in [3.8, 4) is 0 Å². The lowest BCUT2D eigenvalue weighted by Gasteiger charge is -2.36. The third-order valence-corrected chi connectivity index (χ3v) is 6.56. The molecule has 0 aliphatic carbocycles. The molecule has 0 unspecified atom stereocenters. The average Bonchev–Trinajstić information content (AvgIpc) is 3.23. The van der Waals surface area contributed by atoms with Crippen molar-refractivity contribution < 1.29 is 4.79 Å². The number of nitrogens with zero attached hydrogens (tertiary/aromatic N) is 1. The van der Waals surface area contributed by atoms with E-state index in [0.717, 1.165) is 29.9 Å². The number of carbonyl (C=O) groups is 1. The molecule has 0 bridgehead atoms. The van der Waals surface area contributed by atoms with E-state index in [1.165, 1.54) is 17.7 Å². The maximum absolute atomic E-state index is 12.8. The van der Waals surface area contributed by atoms with Crippen molar-refractivity contribution in [2.24, 2.45) is 5.92 Å². The summed E-state index contributed by atoms with van der Waals surface area (Å²) in [7, 11) is 0. The number of amides is 1. The van der Waals surface area contributed by atoms with Crippen LogP contribution in [0.1, 0.15) is 41.0 Å². The molecule has 6 heteroatoms. The van der Waals surface area contributed by atoms with Crippen molar-refractivity contribution in [3.63, 3.8) is 0 Å². The number of carbonyl (C=O) groups excluding carboxylic acids is 1. The minimum absolute atomic E-state index is 0.149. The molecule has 1 atom stereocenters. The summed E-state index contributed by atoms with van der Waals surface area (Å²) >= 11 is 1.72. The lowest BCUT2D eigenvalue weighted by atomic mass is 9.97. The van der Waals surface area contributed by atoms with Crippen molar-refractivity contribution in [1.82, 2.24) is 15.2 Å². The number of H-pyrrole nitrogens is 1. The van der Waals surface area contributed by atoms with E-state index >= 15 is 0 Å². The molecule has 3 heterocycles. The molecule has 146 valence electrons. The van der Waals surface area contributed by atoms with E-state index in [1.54, 1.807) is 17.4 Å². The minimum Gasteiger partial charge on any atom is -0.350 e. The number of rotatable bonds is 5. The predicted octanol–water partition coefficient (Wildman–Crippen LogP) is 3.79. The molecule has 1 fully saturated rings. The molecular weight excluding hydrogens is 370 g/mol. The molecule has 1 aromatic carbocycles. The summed E-state index contributed by atoms with van der Waals surface area (Å²) in [5, 5.41) is 5.94. The monoisotopic (exact) mass is 395 g/mol. The van der Waals surface area contributed by atoms with Gasteiger partial charge in [0.25, 0.3) is 11.5 Å². The van der Waals surface area contributed by atoms with Crippen LogP contribution in [0, 0.1) is 5.92 Å². The van der Waals surface area contributed by atoms with Crippen LogP contribution in [0.5, 0.6) is 0 Å². The number of aromatic nitrogens is 1. The Morgan fingerprint density at radius 2 is 2.04 bits per heavy atom. The molecule has 1 aliphatic rings. The Labute approximate surface area is 168 Å². The zero-order valence-electron chi connectivity index (χ0n) is 16.0. The second-order valence-corrected chi connectivity index (χ2v) is 8.54. The number of piperidine rings is 1. The van der Waals surface area contributed by atoms with Crippen LogP contribution in [0.25, 0.3) is 10.9 Å². The summed E-state index contributed by atoms with van der Waals surface area (Å²) in [6.07, 6.45) is 2.36. The van der Waals surface area contributed by atoms with Crippen LogP contribution in [0.15, 0.2) is 52.6 Å². The SMILES string of the molecule is CC1CCN([C@@H](CNC(=O)c2cc3ccccc3[nH]c2=O)c2cccs2)CC1. The fourth-order valence-electron chi connectivity index (χ4n) is 3.83.